The lowest BCUT2D eigenvalue weighted by Gasteiger charge is -2.38. The van der Waals surface area contributed by atoms with Gasteiger partial charge in [-0.2, -0.15) is 0 Å². The Hall–Kier alpha value is -2.20. The van der Waals surface area contributed by atoms with Gasteiger partial charge >= 0.3 is 0 Å². The Morgan fingerprint density at radius 1 is 1.06 bits per heavy atom. The predicted octanol–water partition coefficient (Wildman–Crippen LogP) is 3.46. The third-order valence-electron chi connectivity index (χ3n) is 5.89. The van der Waals surface area contributed by atoms with E-state index in [0.717, 1.165) is 61.4 Å². The zero-order valence-electron chi connectivity index (χ0n) is 18.0. The average Bonchev–Trinajstić information content (AvgIpc) is 3.28. The van der Waals surface area contributed by atoms with Crippen LogP contribution in [0.3, 0.4) is 0 Å². The van der Waals surface area contributed by atoms with Crippen molar-refractivity contribution in [1.82, 2.24) is 10.6 Å². The molecule has 2 aromatic carbocycles. The van der Waals surface area contributed by atoms with Gasteiger partial charge in [-0.3, -0.25) is 4.99 Å². The van der Waals surface area contributed by atoms with E-state index in [1.165, 1.54) is 5.56 Å². The number of hydrogen-bond acceptors (Lipinski definition) is 5. The number of nitrogens with zero attached hydrogens (tertiary/aromatic N) is 1. The molecule has 1 saturated heterocycles. The van der Waals surface area contributed by atoms with Gasteiger partial charge in [0.25, 0.3) is 0 Å². The molecule has 0 amide bonds. The van der Waals surface area contributed by atoms with Crippen molar-refractivity contribution < 1.29 is 18.9 Å². The molecule has 0 atom stereocenters. The Morgan fingerprint density at radius 2 is 1.84 bits per heavy atom. The van der Waals surface area contributed by atoms with E-state index in [9.17, 15) is 0 Å². The first kappa shape index (κ1) is 23.5. The van der Waals surface area contributed by atoms with Crippen LogP contribution in [-0.2, 0) is 16.7 Å². The summed E-state index contributed by atoms with van der Waals surface area (Å²) in [6.45, 7) is 3.14. The molecule has 2 N–H and O–H groups in total. The highest BCUT2D eigenvalue weighted by Gasteiger charge is 2.35. The molecule has 7 nitrogen and oxygen atoms in total. The number of hydrogen-bond donors (Lipinski definition) is 2. The second-order valence-electron chi connectivity index (χ2n) is 7.55. The molecule has 0 radical (unpaired) electrons. The third kappa shape index (κ3) is 5.35. The Bertz CT molecular complexity index is 900. The van der Waals surface area contributed by atoms with E-state index in [0.29, 0.717) is 6.54 Å². The second kappa shape index (κ2) is 10.9. The molecular formula is C23H30IN3O4. The summed E-state index contributed by atoms with van der Waals surface area (Å²) in [5.41, 5.74) is 2.27. The molecule has 31 heavy (non-hydrogen) atoms. The highest BCUT2D eigenvalue weighted by atomic mass is 127. The van der Waals surface area contributed by atoms with Crippen LogP contribution in [0.15, 0.2) is 47.5 Å². The zero-order valence-corrected chi connectivity index (χ0v) is 20.3. The maximum absolute atomic E-state index is 5.66. The number of aliphatic imine (C=N–C) groups is 1. The SMILES string of the molecule is CN=C(NCc1ccccc1OC)NCC1(c2ccc3c(c2)OCO3)CCOCC1.I. The molecule has 1 fully saturated rings. The molecule has 4 rings (SSSR count). The molecule has 0 bridgehead atoms. The Labute approximate surface area is 200 Å². The normalized spacial score (nSPS) is 16.9. The summed E-state index contributed by atoms with van der Waals surface area (Å²) in [5.74, 6) is 3.24. The van der Waals surface area contributed by atoms with E-state index in [2.05, 4.69) is 27.8 Å². The van der Waals surface area contributed by atoms with E-state index >= 15 is 0 Å². The molecule has 0 unspecified atom stereocenters. The Morgan fingerprint density at radius 3 is 2.61 bits per heavy atom. The molecule has 2 heterocycles. The maximum Gasteiger partial charge on any atom is 0.231 e. The number of rotatable bonds is 6. The van der Waals surface area contributed by atoms with Gasteiger partial charge in [0.1, 0.15) is 5.75 Å². The number of para-hydroxylation sites is 1. The number of halogens is 1. The predicted molar refractivity (Wildman–Crippen MR) is 131 cm³/mol. The fraction of sp³-hybridized carbons (Fsp3) is 0.435. The van der Waals surface area contributed by atoms with Gasteiger partial charge in [0, 0.05) is 44.3 Å². The lowest BCUT2D eigenvalue weighted by Crippen LogP contribution is -2.47. The van der Waals surface area contributed by atoms with Crippen molar-refractivity contribution in [1.29, 1.82) is 0 Å². The van der Waals surface area contributed by atoms with E-state index in [1.807, 2.05) is 30.3 Å². The van der Waals surface area contributed by atoms with Gasteiger partial charge in [0.05, 0.1) is 7.11 Å². The van der Waals surface area contributed by atoms with Crippen molar-refractivity contribution in [2.75, 3.05) is 40.7 Å². The molecule has 2 aliphatic rings. The zero-order chi connectivity index (χ0) is 20.8. The molecule has 0 spiro atoms. The summed E-state index contributed by atoms with van der Waals surface area (Å²) in [6.07, 6.45) is 1.87. The number of methoxy groups -OCH3 is 1. The minimum absolute atomic E-state index is 0. The lowest BCUT2D eigenvalue weighted by atomic mass is 9.74. The Balaban J connectivity index is 0.00000272. The van der Waals surface area contributed by atoms with Gasteiger partial charge in [0.2, 0.25) is 6.79 Å². The van der Waals surface area contributed by atoms with Crippen molar-refractivity contribution in [2.24, 2.45) is 4.99 Å². The minimum Gasteiger partial charge on any atom is -0.496 e. The average molecular weight is 539 g/mol. The van der Waals surface area contributed by atoms with Crippen LogP contribution in [0.5, 0.6) is 17.2 Å². The minimum atomic E-state index is -0.0543. The third-order valence-corrected chi connectivity index (χ3v) is 5.89. The summed E-state index contributed by atoms with van der Waals surface area (Å²) in [5, 5.41) is 6.92. The van der Waals surface area contributed by atoms with E-state index in [-0.39, 0.29) is 36.2 Å². The van der Waals surface area contributed by atoms with Crippen LogP contribution in [0.4, 0.5) is 0 Å². The standard InChI is InChI=1S/C23H29N3O4.HI/c1-24-22(25-14-17-5-3-4-6-19(17)27-2)26-15-23(9-11-28-12-10-23)18-7-8-20-21(13-18)30-16-29-20;/h3-8,13H,9-12,14-16H2,1-2H3,(H2,24,25,26);1H. The molecular weight excluding hydrogens is 509 g/mol. The number of guanidine groups is 1. The van der Waals surface area contributed by atoms with Crippen LogP contribution < -0.4 is 24.8 Å². The first-order valence-corrected chi connectivity index (χ1v) is 10.3. The van der Waals surface area contributed by atoms with Gasteiger partial charge in [-0.05, 0) is 36.6 Å². The summed E-state index contributed by atoms with van der Waals surface area (Å²) in [4.78, 5) is 4.40. The topological polar surface area (TPSA) is 73.3 Å². The van der Waals surface area contributed by atoms with Crippen LogP contribution in [0.2, 0.25) is 0 Å². The molecule has 168 valence electrons. The molecule has 0 aromatic heterocycles. The van der Waals surface area contributed by atoms with Gasteiger partial charge in [-0.1, -0.05) is 24.3 Å². The van der Waals surface area contributed by atoms with E-state index in [1.54, 1.807) is 14.2 Å². The number of ether oxygens (including phenoxy) is 4. The quantitative estimate of drug-likeness (QED) is 0.333. The number of nitrogens with one attached hydrogen (secondary N) is 2. The van der Waals surface area contributed by atoms with Crippen molar-refractivity contribution in [3.8, 4) is 17.2 Å². The van der Waals surface area contributed by atoms with Crippen LogP contribution >= 0.6 is 24.0 Å². The summed E-state index contributed by atoms with van der Waals surface area (Å²) < 4.78 is 22.2. The fourth-order valence-corrected chi connectivity index (χ4v) is 4.06. The van der Waals surface area contributed by atoms with E-state index < -0.39 is 0 Å². The number of benzene rings is 2. The van der Waals surface area contributed by atoms with Crippen molar-refractivity contribution >= 4 is 29.9 Å². The van der Waals surface area contributed by atoms with Gasteiger partial charge in [-0.25, -0.2) is 0 Å². The van der Waals surface area contributed by atoms with Crippen LogP contribution in [0.1, 0.15) is 24.0 Å². The monoisotopic (exact) mass is 539 g/mol. The molecule has 2 aliphatic heterocycles. The highest BCUT2D eigenvalue weighted by molar-refractivity contribution is 14.0. The fourth-order valence-electron chi connectivity index (χ4n) is 4.06. The van der Waals surface area contributed by atoms with Crippen molar-refractivity contribution in [3.63, 3.8) is 0 Å². The smallest absolute Gasteiger partial charge is 0.231 e. The molecule has 0 aliphatic carbocycles. The molecule has 8 heteroatoms. The van der Waals surface area contributed by atoms with Crippen molar-refractivity contribution in [3.05, 3.63) is 53.6 Å². The van der Waals surface area contributed by atoms with Gasteiger partial charge in [-0.15, -0.1) is 24.0 Å². The summed E-state index contributed by atoms with van der Waals surface area (Å²) in [7, 11) is 3.47. The van der Waals surface area contributed by atoms with E-state index in [4.69, 9.17) is 18.9 Å². The summed E-state index contributed by atoms with van der Waals surface area (Å²) >= 11 is 0. The van der Waals surface area contributed by atoms with Crippen molar-refractivity contribution in [2.45, 2.75) is 24.8 Å². The first-order valence-electron chi connectivity index (χ1n) is 10.3. The summed E-state index contributed by atoms with van der Waals surface area (Å²) in [6, 6.07) is 14.2. The largest absolute Gasteiger partial charge is 0.496 e. The Kier molecular flexibility index (Phi) is 8.25. The van der Waals surface area contributed by atoms with Gasteiger partial charge < -0.3 is 29.6 Å². The maximum atomic E-state index is 5.66. The van der Waals surface area contributed by atoms with Crippen LogP contribution in [0.25, 0.3) is 0 Å². The highest BCUT2D eigenvalue weighted by Crippen LogP contribution is 2.40. The lowest BCUT2D eigenvalue weighted by molar-refractivity contribution is 0.0513. The van der Waals surface area contributed by atoms with Gasteiger partial charge in [0.15, 0.2) is 17.5 Å². The number of fused-ring (bicyclic) bond motifs is 1. The second-order valence-corrected chi connectivity index (χ2v) is 7.55. The molecule has 0 saturated carbocycles. The first-order chi connectivity index (χ1) is 14.7. The van der Waals surface area contributed by atoms with Crippen LogP contribution in [-0.4, -0.2) is 46.7 Å². The van der Waals surface area contributed by atoms with Crippen LogP contribution in [0, 0.1) is 0 Å². The molecule has 2 aromatic rings.